The average Bonchev–Trinajstić information content (AvgIpc) is 2.26. The van der Waals surface area contributed by atoms with Gasteiger partial charge in [0, 0.05) is 12.6 Å². The quantitative estimate of drug-likeness (QED) is 0.883. The molecule has 104 valence electrons. The van der Waals surface area contributed by atoms with Crippen molar-refractivity contribution in [1.82, 2.24) is 0 Å². The SMILES string of the molecule is CC1CS(=O)(=O)CCN1c1cccc(F)c1C(=O)O. The van der Waals surface area contributed by atoms with Gasteiger partial charge in [-0.1, -0.05) is 6.07 Å². The predicted molar refractivity (Wildman–Crippen MR) is 68.8 cm³/mol. The molecular formula is C12H14FNO4S. The van der Waals surface area contributed by atoms with Crippen molar-refractivity contribution in [1.29, 1.82) is 0 Å². The molecule has 1 atom stereocenters. The van der Waals surface area contributed by atoms with Crippen LogP contribution >= 0.6 is 0 Å². The summed E-state index contributed by atoms with van der Waals surface area (Å²) in [6.07, 6.45) is 0. The van der Waals surface area contributed by atoms with Crippen LogP contribution in [0, 0.1) is 5.82 Å². The second-order valence-electron chi connectivity index (χ2n) is 4.60. The van der Waals surface area contributed by atoms with E-state index >= 15 is 0 Å². The van der Waals surface area contributed by atoms with E-state index in [-0.39, 0.29) is 29.8 Å². The van der Waals surface area contributed by atoms with Gasteiger partial charge in [-0.25, -0.2) is 17.6 Å². The van der Waals surface area contributed by atoms with Gasteiger partial charge in [-0.05, 0) is 19.1 Å². The first-order chi connectivity index (χ1) is 8.82. The molecule has 5 nitrogen and oxygen atoms in total. The summed E-state index contributed by atoms with van der Waals surface area (Å²) in [6, 6.07) is 3.63. The molecule has 1 N–H and O–H groups in total. The fourth-order valence-electron chi connectivity index (χ4n) is 2.32. The van der Waals surface area contributed by atoms with Crippen LogP contribution in [0.1, 0.15) is 17.3 Å². The van der Waals surface area contributed by atoms with Gasteiger partial charge in [0.25, 0.3) is 0 Å². The molecule has 0 saturated carbocycles. The minimum atomic E-state index is -3.10. The van der Waals surface area contributed by atoms with Gasteiger partial charge in [-0.2, -0.15) is 0 Å². The topological polar surface area (TPSA) is 74.7 Å². The molecule has 1 fully saturated rings. The Bertz CT molecular complexity index is 614. The molecule has 1 aliphatic heterocycles. The van der Waals surface area contributed by atoms with Crippen LogP contribution in [0.5, 0.6) is 0 Å². The highest BCUT2D eigenvalue weighted by Gasteiger charge is 2.31. The van der Waals surface area contributed by atoms with E-state index in [1.54, 1.807) is 11.8 Å². The third-order valence-corrected chi connectivity index (χ3v) is 4.98. The van der Waals surface area contributed by atoms with Gasteiger partial charge in [0.1, 0.15) is 11.4 Å². The maximum Gasteiger partial charge on any atom is 0.340 e. The molecule has 1 heterocycles. The largest absolute Gasteiger partial charge is 0.478 e. The summed E-state index contributed by atoms with van der Waals surface area (Å²) in [5.74, 6) is -2.27. The summed E-state index contributed by atoms with van der Waals surface area (Å²) in [5, 5.41) is 9.08. The predicted octanol–water partition coefficient (Wildman–Crippen LogP) is 1.15. The lowest BCUT2D eigenvalue weighted by atomic mass is 10.1. The summed E-state index contributed by atoms with van der Waals surface area (Å²) in [5.41, 5.74) is -0.177. The van der Waals surface area contributed by atoms with Crippen LogP contribution in [0.2, 0.25) is 0 Å². The minimum Gasteiger partial charge on any atom is -0.478 e. The Hall–Kier alpha value is -1.63. The number of halogens is 1. The monoisotopic (exact) mass is 287 g/mol. The number of sulfone groups is 1. The Kier molecular flexibility index (Phi) is 3.49. The zero-order valence-corrected chi connectivity index (χ0v) is 11.2. The Morgan fingerprint density at radius 3 is 2.74 bits per heavy atom. The lowest BCUT2D eigenvalue weighted by molar-refractivity contribution is 0.0692. The van der Waals surface area contributed by atoms with Crippen molar-refractivity contribution < 1.29 is 22.7 Å². The number of carboxylic acid groups (broad SMARTS) is 1. The normalized spacial score (nSPS) is 22.2. The van der Waals surface area contributed by atoms with Crippen molar-refractivity contribution in [2.45, 2.75) is 13.0 Å². The smallest absolute Gasteiger partial charge is 0.340 e. The number of carbonyl (C=O) groups is 1. The fraction of sp³-hybridized carbons (Fsp3) is 0.417. The van der Waals surface area contributed by atoms with Crippen LogP contribution in [0.3, 0.4) is 0 Å². The number of benzene rings is 1. The van der Waals surface area contributed by atoms with E-state index < -0.39 is 27.2 Å². The zero-order valence-electron chi connectivity index (χ0n) is 10.3. The van der Waals surface area contributed by atoms with Crippen LogP contribution in [0.15, 0.2) is 18.2 Å². The fourth-order valence-corrected chi connectivity index (χ4v) is 3.88. The molecule has 0 amide bonds. The number of hydrogen-bond acceptors (Lipinski definition) is 4. The van der Waals surface area contributed by atoms with Gasteiger partial charge in [0.15, 0.2) is 9.84 Å². The zero-order chi connectivity index (χ0) is 14.2. The van der Waals surface area contributed by atoms with Crippen LogP contribution < -0.4 is 4.90 Å². The molecule has 19 heavy (non-hydrogen) atoms. The van der Waals surface area contributed by atoms with Gasteiger partial charge < -0.3 is 10.0 Å². The van der Waals surface area contributed by atoms with Crippen LogP contribution in [-0.2, 0) is 9.84 Å². The first-order valence-electron chi connectivity index (χ1n) is 5.81. The molecule has 0 spiro atoms. The Balaban J connectivity index is 2.43. The summed E-state index contributed by atoms with van der Waals surface area (Å²) in [6.45, 7) is 1.86. The molecule has 1 unspecified atom stereocenters. The van der Waals surface area contributed by atoms with E-state index in [4.69, 9.17) is 5.11 Å². The van der Waals surface area contributed by atoms with Crippen molar-refractivity contribution in [2.75, 3.05) is 23.0 Å². The van der Waals surface area contributed by atoms with Crippen LogP contribution in [0.4, 0.5) is 10.1 Å². The van der Waals surface area contributed by atoms with E-state index in [1.165, 1.54) is 12.1 Å². The number of carboxylic acids is 1. The molecule has 1 saturated heterocycles. The third-order valence-electron chi connectivity index (χ3n) is 3.19. The molecule has 0 radical (unpaired) electrons. The number of rotatable bonds is 2. The maximum atomic E-state index is 13.6. The van der Waals surface area contributed by atoms with E-state index in [9.17, 15) is 17.6 Å². The average molecular weight is 287 g/mol. The highest BCUT2D eigenvalue weighted by molar-refractivity contribution is 7.91. The Morgan fingerprint density at radius 2 is 2.16 bits per heavy atom. The molecule has 1 aromatic rings. The van der Waals surface area contributed by atoms with Crippen molar-refractivity contribution >= 4 is 21.5 Å². The molecule has 0 bridgehead atoms. The van der Waals surface area contributed by atoms with Crippen LogP contribution in [-0.4, -0.2) is 43.6 Å². The van der Waals surface area contributed by atoms with Gasteiger partial charge in [0.2, 0.25) is 0 Å². The number of hydrogen-bond donors (Lipinski definition) is 1. The lowest BCUT2D eigenvalue weighted by Crippen LogP contribution is -2.47. The van der Waals surface area contributed by atoms with E-state index in [0.717, 1.165) is 6.07 Å². The molecule has 0 aliphatic carbocycles. The van der Waals surface area contributed by atoms with Gasteiger partial charge >= 0.3 is 5.97 Å². The number of anilines is 1. The highest BCUT2D eigenvalue weighted by atomic mass is 32.2. The lowest BCUT2D eigenvalue weighted by Gasteiger charge is -2.35. The van der Waals surface area contributed by atoms with Crippen molar-refractivity contribution in [3.8, 4) is 0 Å². The second kappa shape index (κ2) is 4.80. The Labute approximate surface area is 110 Å². The molecule has 2 rings (SSSR count). The summed E-state index contributed by atoms with van der Waals surface area (Å²) in [4.78, 5) is 12.8. The van der Waals surface area contributed by atoms with E-state index in [0.29, 0.717) is 0 Å². The number of nitrogens with zero attached hydrogens (tertiary/aromatic N) is 1. The van der Waals surface area contributed by atoms with Gasteiger partial charge in [0.05, 0.1) is 17.2 Å². The second-order valence-corrected chi connectivity index (χ2v) is 6.82. The molecular weight excluding hydrogens is 273 g/mol. The summed E-state index contributed by atoms with van der Waals surface area (Å²) >= 11 is 0. The summed E-state index contributed by atoms with van der Waals surface area (Å²) < 4.78 is 36.6. The van der Waals surface area contributed by atoms with Gasteiger partial charge in [-0.3, -0.25) is 0 Å². The number of aromatic carboxylic acids is 1. The third kappa shape index (κ3) is 2.70. The first-order valence-corrected chi connectivity index (χ1v) is 7.63. The first kappa shape index (κ1) is 13.8. The van der Waals surface area contributed by atoms with Crippen molar-refractivity contribution in [3.05, 3.63) is 29.6 Å². The maximum absolute atomic E-state index is 13.6. The van der Waals surface area contributed by atoms with E-state index in [2.05, 4.69) is 0 Å². The molecule has 7 heteroatoms. The molecule has 1 aromatic carbocycles. The molecule has 0 aromatic heterocycles. The summed E-state index contributed by atoms with van der Waals surface area (Å²) in [7, 11) is -3.10. The molecule has 1 aliphatic rings. The van der Waals surface area contributed by atoms with Crippen LogP contribution in [0.25, 0.3) is 0 Å². The van der Waals surface area contributed by atoms with Gasteiger partial charge in [-0.15, -0.1) is 0 Å². The van der Waals surface area contributed by atoms with E-state index in [1.807, 2.05) is 0 Å². The minimum absolute atomic E-state index is 0.0487. The standard InChI is InChI=1S/C12H14FNO4S/c1-8-7-19(17,18)6-5-14(8)10-4-2-3-9(13)11(10)12(15)16/h2-4,8H,5-7H2,1H3,(H,15,16). The Morgan fingerprint density at radius 1 is 1.47 bits per heavy atom. The van der Waals surface area contributed by atoms with Crippen molar-refractivity contribution in [3.63, 3.8) is 0 Å². The van der Waals surface area contributed by atoms with Crippen molar-refractivity contribution in [2.24, 2.45) is 0 Å². The highest BCUT2D eigenvalue weighted by Crippen LogP contribution is 2.27.